The second-order valence-electron chi connectivity index (χ2n) is 6.37. The summed E-state index contributed by atoms with van der Waals surface area (Å²) in [6.07, 6.45) is 0.657. The molecule has 0 atom stereocenters. The lowest BCUT2D eigenvalue weighted by Crippen LogP contribution is -2.41. The quantitative estimate of drug-likeness (QED) is 0.635. The summed E-state index contributed by atoms with van der Waals surface area (Å²) in [6.45, 7) is 7.66. The van der Waals surface area contributed by atoms with Gasteiger partial charge >= 0.3 is 12.1 Å². The van der Waals surface area contributed by atoms with Gasteiger partial charge in [-0.2, -0.15) is 4.31 Å². The molecule has 0 aliphatic heterocycles. The van der Waals surface area contributed by atoms with E-state index in [1.54, 1.807) is 27.7 Å². The number of hydrogen-bond acceptors (Lipinski definition) is 8. The van der Waals surface area contributed by atoms with Gasteiger partial charge in [0.1, 0.15) is 10.5 Å². The number of thiazole rings is 1. The van der Waals surface area contributed by atoms with Crippen LogP contribution in [0.4, 0.5) is 4.79 Å². The predicted octanol–water partition coefficient (Wildman–Crippen LogP) is 1.81. The van der Waals surface area contributed by atoms with Gasteiger partial charge < -0.3 is 14.4 Å². The Morgan fingerprint density at radius 1 is 1.27 bits per heavy atom. The van der Waals surface area contributed by atoms with Gasteiger partial charge in [0, 0.05) is 26.7 Å². The zero-order chi connectivity index (χ0) is 20.1. The van der Waals surface area contributed by atoms with Crippen molar-refractivity contribution in [3.05, 3.63) is 11.1 Å². The highest BCUT2D eigenvalue weighted by Gasteiger charge is 2.27. The van der Waals surface area contributed by atoms with Crippen LogP contribution in [0, 0.1) is 0 Å². The maximum Gasteiger partial charge on any atom is 0.410 e. The highest BCUT2D eigenvalue weighted by molar-refractivity contribution is 7.91. The highest BCUT2D eigenvalue weighted by atomic mass is 32.2. The molecule has 0 spiro atoms. The van der Waals surface area contributed by atoms with Crippen molar-refractivity contribution in [2.24, 2.45) is 0 Å². The number of aromatic nitrogens is 1. The van der Waals surface area contributed by atoms with Crippen LogP contribution < -0.4 is 0 Å². The second-order valence-corrected chi connectivity index (χ2v) is 9.62. The Morgan fingerprint density at radius 2 is 1.88 bits per heavy atom. The van der Waals surface area contributed by atoms with E-state index in [1.165, 1.54) is 19.1 Å². The molecule has 0 unspecified atom stereocenters. The number of rotatable bonds is 7. The minimum absolute atomic E-state index is 0.0581. The molecule has 1 amide bonds. The number of methoxy groups -OCH3 is 1. The second kappa shape index (κ2) is 8.78. The van der Waals surface area contributed by atoms with Gasteiger partial charge in [0.2, 0.25) is 4.34 Å². The fourth-order valence-electron chi connectivity index (χ4n) is 1.79. The maximum absolute atomic E-state index is 12.5. The van der Waals surface area contributed by atoms with E-state index in [-0.39, 0.29) is 22.3 Å². The minimum atomic E-state index is -3.87. The summed E-state index contributed by atoms with van der Waals surface area (Å²) >= 11 is 0.735. The molecule has 1 heterocycles. The lowest BCUT2D eigenvalue weighted by Gasteiger charge is -2.27. The Bertz CT molecular complexity index is 739. The molecule has 148 valence electrons. The monoisotopic (exact) mass is 407 g/mol. The summed E-state index contributed by atoms with van der Waals surface area (Å²) in [5, 5.41) is 0. The molecule has 1 aromatic rings. The van der Waals surface area contributed by atoms with E-state index in [9.17, 15) is 18.0 Å². The largest absolute Gasteiger partial charge is 0.465 e. The van der Waals surface area contributed by atoms with Crippen LogP contribution in [0.15, 0.2) is 10.5 Å². The van der Waals surface area contributed by atoms with Crippen LogP contribution in [0.5, 0.6) is 0 Å². The van der Waals surface area contributed by atoms with Crippen molar-refractivity contribution in [1.82, 2.24) is 14.2 Å². The van der Waals surface area contributed by atoms with Gasteiger partial charge in [0.25, 0.3) is 10.0 Å². The molecular weight excluding hydrogens is 382 g/mol. The van der Waals surface area contributed by atoms with Crippen LogP contribution in [0.2, 0.25) is 0 Å². The summed E-state index contributed by atoms with van der Waals surface area (Å²) in [7, 11) is -1.28. The third kappa shape index (κ3) is 5.92. The number of sulfonamides is 1. The number of likely N-dealkylation sites (N-methyl/N-ethyl adjacent to an activating group) is 2. The third-order valence-corrected chi connectivity index (χ3v) is 6.42. The lowest BCUT2D eigenvalue weighted by molar-refractivity contribution is 0.0255. The van der Waals surface area contributed by atoms with Crippen molar-refractivity contribution >= 4 is 33.4 Å². The van der Waals surface area contributed by atoms with Gasteiger partial charge in [-0.15, -0.1) is 0 Å². The summed E-state index contributed by atoms with van der Waals surface area (Å²) in [5.74, 6) is -0.645. The van der Waals surface area contributed by atoms with Crippen LogP contribution in [0.1, 0.15) is 37.4 Å². The Morgan fingerprint density at radius 3 is 2.38 bits per heavy atom. The number of carbonyl (C=O) groups excluding carboxylic acids is 2. The Balaban J connectivity index is 2.78. The number of amides is 1. The molecule has 26 heavy (non-hydrogen) atoms. The van der Waals surface area contributed by atoms with Gasteiger partial charge in [-0.3, -0.25) is 0 Å². The summed E-state index contributed by atoms with van der Waals surface area (Å²) in [5.41, 5.74) is -0.631. The van der Waals surface area contributed by atoms with Crippen molar-refractivity contribution in [3.63, 3.8) is 0 Å². The molecule has 0 aliphatic rings. The van der Waals surface area contributed by atoms with E-state index in [0.29, 0.717) is 6.54 Å². The topological polar surface area (TPSA) is 106 Å². The normalized spacial score (nSPS) is 12.1. The zero-order valence-electron chi connectivity index (χ0n) is 15.8. The smallest absolute Gasteiger partial charge is 0.410 e. The number of esters is 1. The Hall–Kier alpha value is -1.72. The molecule has 9 nitrogen and oxygen atoms in total. The Kier molecular flexibility index (Phi) is 7.54. The third-order valence-electron chi connectivity index (χ3n) is 3.22. The molecule has 0 saturated heterocycles. The number of carbonyl (C=O) groups is 2. The molecule has 0 radical (unpaired) electrons. The fourth-order valence-corrected chi connectivity index (χ4v) is 4.20. The molecule has 0 N–H and O–H groups in total. The average molecular weight is 408 g/mol. The highest BCUT2D eigenvalue weighted by Crippen LogP contribution is 2.21. The number of ether oxygens (including phenoxy) is 2. The standard InChI is InChI=1S/C15H25N3O6S2/c1-7-18(14(20)24-15(2,3)4)9-8-17(5)26(21,22)13-16-10-11(25-13)12(19)23-6/h10H,7-9H2,1-6H3. The van der Waals surface area contributed by atoms with Crippen LogP contribution in [-0.2, 0) is 19.5 Å². The molecule has 11 heteroatoms. The average Bonchev–Trinajstić information content (AvgIpc) is 3.03. The fraction of sp³-hybridized carbons (Fsp3) is 0.667. The van der Waals surface area contributed by atoms with Crippen molar-refractivity contribution in [2.45, 2.75) is 37.6 Å². The maximum atomic E-state index is 12.5. The molecule has 0 aromatic carbocycles. The van der Waals surface area contributed by atoms with Crippen LogP contribution in [0.25, 0.3) is 0 Å². The van der Waals surface area contributed by atoms with Crippen LogP contribution >= 0.6 is 11.3 Å². The van der Waals surface area contributed by atoms with Crippen LogP contribution in [0.3, 0.4) is 0 Å². The first kappa shape index (κ1) is 22.3. The molecule has 0 fully saturated rings. The summed E-state index contributed by atoms with van der Waals surface area (Å²) in [4.78, 5) is 28.9. The molecule has 0 bridgehead atoms. The lowest BCUT2D eigenvalue weighted by atomic mass is 10.2. The van der Waals surface area contributed by atoms with Gasteiger partial charge in [-0.25, -0.2) is 23.0 Å². The minimum Gasteiger partial charge on any atom is -0.465 e. The summed E-state index contributed by atoms with van der Waals surface area (Å²) < 4.78 is 35.8. The zero-order valence-corrected chi connectivity index (χ0v) is 17.4. The molecular formula is C15H25N3O6S2. The SMILES string of the molecule is CCN(CCN(C)S(=O)(=O)c1ncc(C(=O)OC)s1)C(=O)OC(C)(C)C. The molecule has 0 aliphatic carbocycles. The van der Waals surface area contributed by atoms with Gasteiger partial charge in [-0.05, 0) is 27.7 Å². The molecule has 1 rings (SSSR count). The van der Waals surface area contributed by atoms with Gasteiger partial charge in [-0.1, -0.05) is 11.3 Å². The van der Waals surface area contributed by atoms with E-state index in [4.69, 9.17) is 4.74 Å². The van der Waals surface area contributed by atoms with Gasteiger partial charge in [0.05, 0.1) is 13.3 Å². The molecule has 0 saturated carbocycles. The predicted molar refractivity (Wildman–Crippen MR) is 96.8 cm³/mol. The van der Waals surface area contributed by atoms with E-state index in [2.05, 4.69) is 9.72 Å². The van der Waals surface area contributed by atoms with Crippen LogP contribution in [-0.4, -0.2) is 74.1 Å². The number of hydrogen-bond donors (Lipinski definition) is 0. The summed E-state index contributed by atoms with van der Waals surface area (Å²) in [6, 6.07) is 0. The first-order chi connectivity index (χ1) is 11.9. The molecule has 1 aromatic heterocycles. The van der Waals surface area contributed by atoms with E-state index < -0.39 is 27.7 Å². The van der Waals surface area contributed by atoms with Crippen molar-refractivity contribution in [2.75, 3.05) is 33.8 Å². The first-order valence-electron chi connectivity index (χ1n) is 7.90. The van der Waals surface area contributed by atoms with E-state index in [1.807, 2.05) is 0 Å². The Labute approximate surface area is 158 Å². The first-order valence-corrected chi connectivity index (χ1v) is 10.2. The van der Waals surface area contributed by atoms with Gasteiger partial charge in [0.15, 0.2) is 0 Å². The van der Waals surface area contributed by atoms with Crippen molar-refractivity contribution in [1.29, 1.82) is 0 Å². The van der Waals surface area contributed by atoms with E-state index >= 15 is 0 Å². The number of nitrogens with zero attached hydrogens (tertiary/aromatic N) is 3. The van der Waals surface area contributed by atoms with E-state index in [0.717, 1.165) is 21.8 Å². The van der Waals surface area contributed by atoms with Crippen molar-refractivity contribution < 1.29 is 27.5 Å². The van der Waals surface area contributed by atoms with Crippen molar-refractivity contribution in [3.8, 4) is 0 Å².